The van der Waals surface area contributed by atoms with Crippen LogP contribution in [0.3, 0.4) is 0 Å². The number of aliphatic carboxylic acids is 1. The molecular formula is C27H32N2O6. The second-order valence-electron chi connectivity index (χ2n) is 10.2. The van der Waals surface area contributed by atoms with E-state index < -0.39 is 29.6 Å². The smallest absolute Gasteiger partial charge is 0.407 e. The molecule has 1 aliphatic carbocycles. The highest BCUT2D eigenvalue weighted by Crippen LogP contribution is 2.44. The van der Waals surface area contributed by atoms with Crippen LogP contribution in [0.25, 0.3) is 11.1 Å². The van der Waals surface area contributed by atoms with Gasteiger partial charge in [-0.05, 0) is 34.1 Å². The Kier molecular flexibility index (Phi) is 7.12. The Balaban J connectivity index is 1.38. The maximum atomic E-state index is 13.0. The minimum Gasteiger partial charge on any atom is -0.479 e. The van der Waals surface area contributed by atoms with Gasteiger partial charge in [-0.15, -0.1) is 0 Å². The van der Waals surface area contributed by atoms with Gasteiger partial charge in [-0.25, -0.2) is 9.59 Å². The zero-order valence-electron chi connectivity index (χ0n) is 20.2. The lowest BCUT2D eigenvalue weighted by Crippen LogP contribution is -2.54. The highest BCUT2D eigenvalue weighted by Gasteiger charge is 2.37. The standard InChI is InChI=1S/C27H32N2O6/c1-27(2,3)23(24(30)28-14-16-12-13-34-22(16)25(31)32)29-26(33)35-15-21-19-10-6-4-8-17(19)18-9-5-7-11-20(18)21/h4-11,16,21-23H,12-15H2,1-3H3,(H,28,30)(H,29,33)(H,31,32)/t16?,22?,23-/m1/s1. The molecule has 186 valence electrons. The van der Waals surface area contributed by atoms with Crippen LogP contribution in [0.1, 0.15) is 44.2 Å². The molecule has 4 rings (SSSR count). The molecule has 35 heavy (non-hydrogen) atoms. The number of amides is 2. The minimum absolute atomic E-state index is 0.0784. The van der Waals surface area contributed by atoms with Gasteiger partial charge < -0.3 is 25.2 Å². The van der Waals surface area contributed by atoms with Gasteiger partial charge in [0.2, 0.25) is 5.91 Å². The maximum absolute atomic E-state index is 13.0. The number of carbonyl (C=O) groups is 3. The quantitative estimate of drug-likeness (QED) is 0.559. The van der Waals surface area contributed by atoms with E-state index in [1.165, 1.54) is 0 Å². The Hall–Kier alpha value is -3.39. The number of carboxylic acid groups (broad SMARTS) is 1. The van der Waals surface area contributed by atoms with Crippen LogP contribution >= 0.6 is 0 Å². The van der Waals surface area contributed by atoms with Crippen molar-refractivity contribution in [1.82, 2.24) is 10.6 Å². The molecule has 8 heteroatoms. The molecule has 8 nitrogen and oxygen atoms in total. The van der Waals surface area contributed by atoms with Gasteiger partial charge in [0.1, 0.15) is 12.6 Å². The topological polar surface area (TPSA) is 114 Å². The molecule has 0 saturated carbocycles. The number of carbonyl (C=O) groups excluding carboxylic acids is 2. The third kappa shape index (κ3) is 5.32. The second-order valence-corrected chi connectivity index (χ2v) is 10.2. The monoisotopic (exact) mass is 480 g/mol. The SMILES string of the molecule is CC(C)(C)[C@H](NC(=O)OCC1c2ccccc2-c2ccccc21)C(=O)NCC1CCOC1C(=O)O. The van der Waals surface area contributed by atoms with Gasteiger partial charge in [0.25, 0.3) is 0 Å². The molecule has 0 spiro atoms. The van der Waals surface area contributed by atoms with Crippen LogP contribution < -0.4 is 10.6 Å². The number of alkyl carbamates (subject to hydrolysis) is 1. The largest absolute Gasteiger partial charge is 0.479 e. The summed E-state index contributed by atoms with van der Waals surface area (Å²) < 4.78 is 10.9. The van der Waals surface area contributed by atoms with Crippen molar-refractivity contribution in [2.24, 2.45) is 11.3 Å². The van der Waals surface area contributed by atoms with Gasteiger partial charge in [0.15, 0.2) is 6.10 Å². The van der Waals surface area contributed by atoms with E-state index in [0.717, 1.165) is 22.3 Å². The van der Waals surface area contributed by atoms with Crippen molar-refractivity contribution in [2.75, 3.05) is 19.8 Å². The molecule has 2 amide bonds. The van der Waals surface area contributed by atoms with Gasteiger partial charge >= 0.3 is 12.1 Å². The summed E-state index contributed by atoms with van der Waals surface area (Å²) in [6, 6.07) is 15.3. The van der Waals surface area contributed by atoms with Crippen molar-refractivity contribution in [3.05, 3.63) is 59.7 Å². The van der Waals surface area contributed by atoms with E-state index >= 15 is 0 Å². The lowest BCUT2D eigenvalue weighted by molar-refractivity contribution is -0.149. The van der Waals surface area contributed by atoms with Crippen molar-refractivity contribution < 1.29 is 29.0 Å². The molecule has 3 N–H and O–H groups in total. The molecule has 2 aromatic rings. The van der Waals surface area contributed by atoms with Crippen LogP contribution in [-0.4, -0.2) is 55.0 Å². The first kappa shape index (κ1) is 24.7. The van der Waals surface area contributed by atoms with Crippen molar-refractivity contribution in [2.45, 2.75) is 45.3 Å². The second kappa shape index (κ2) is 10.1. The third-order valence-corrected chi connectivity index (χ3v) is 6.73. The van der Waals surface area contributed by atoms with Crippen molar-refractivity contribution in [1.29, 1.82) is 0 Å². The predicted molar refractivity (Wildman–Crippen MR) is 130 cm³/mol. The highest BCUT2D eigenvalue weighted by molar-refractivity contribution is 5.86. The fraction of sp³-hybridized carbons (Fsp3) is 0.444. The van der Waals surface area contributed by atoms with Gasteiger partial charge in [-0.2, -0.15) is 0 Å². The van der Waals surface area contributed by atoms with E-state index in [1.807, 2.05) is 57.2 Å². The first-order chi connectivity index (χ1) is 16.7. The normalized spacial score (nSPS) is 20.0. The number of hydrogen-bond donors (Lipinski definition) is 3. The van der Waals surface area contributed by atoms with Crippen molar-refractivity contribution in [3.63, 3.8) is 0 Å². The van der Waals surface area contributed by atoms with Gasteiger partial charge in [-0.1, -0.05) is 69.3 Å². The summed E-state index contributed by atoms with van der Waals surface area (Å²) in [6.45, 7) is 6.20. The molecule has 1 heterocycles. The van der Waals surface area contributed by atoms with Crippen molar-refractivity contribution >= 4 is 18.0 Å². The molecule has 2 aliphatic rings. The van der Waals surface area contributed by atoms with E-state index in [4.69, 9.17) is 9.47 Å². The first-order valence-electron chi connectivity index (χ1n) is 11.9. The average Bonchev–Trinajstić information content (AvgIpc) is 3.42. The molecule has 1 fully saturated rings. The van der Waals surface area contributed by atoms with E-state index in [2.05, 4.69) is 22.8 Å². The molecule has 0 bridgehead atoms. The fourth-order valence-corrected chi connectivity index (χ4v) is 4.88. The predicted octanol–water partition coefficient (Wildman–Crippen LogP) is 3.55. The van der Waals surface area contributed by atoms with Crippen LogP contribution in [0.15, 0.2) is 48.5 Å². The number of fused-ring (bicyclic) bond motifs is 3. The van der Waals surface area contributed by atoms with E-state index in [1.54, 1.807) is 0 Å². The number of rotatable bonds is 7. The van der Waals surface area contributed by atoms with Crippen LogP contribution in [0, 0.1) is 11.3 Å². The van der Waals surface area contributed by atoms with Crippen LogP contribution in [0.5, 0.6) is 0 Å². The van der Waals surface area contributed by atoms with Gasteiger partial charge in [0, 0.05) is 25.0 Å². The number of carboxylic acids is 1. The Morgan fingerprint density at radius 3 is 2.23 bits per heavy atom. The van der Waals surface area contributed by atoms with Crippen LogP contribution in [0.2, 0.25) is 0 Å². The summed E-state index contributed by atoms with van der Waals surface area (Å²) in [4.78, 5) is 37.1. The molecule has 0 radical (unpaired) electrons. The summed E-state index contributed by atoms with van der Waals surface area (Å²) in [5.74, 6) is -1.81. The Morgan fingerprint density at radius 1 is 1.06 bits per heavy atom. The molecule has 1 aliphatic heterocycles. The Labute approximate surface area is 205 Å². The first-order valence-corrected chi connectivity index (χ1v) is 11.9. The maximum Gasteiger partial charge on any atom is 0.407 e. The van der Waals surface area contributed by atoms with Crippen molar-refractivity contribution in [3.8, 4) is 11.1 Å². The molecule has 0 aromatic heterocycles. The third-order valence-electron chi connectivity index (χ3n) is 6.73. The van der Waals surface area contributed by atoms with E-state index in [-0.39, 0.29) is 30.9 Å². The minimum atomic E-state index is -1.04. The Morgan fingerprint density at radius 2 is 1.66 bits per heavy atom. The van der Waals surface area contributed by atoms with Crippen LogP contribution in [-0.2, 0) is 19.1 Å². The lowest BCUT2D eigenvalue weighted by Gasteiger charge is -2.30. The summed E-state index contributed by atoms with van der Waals surface area (Å²) in [5, 5.41) is 14.8. The average molecular weight is 481 g/mol. The summed E-state index contributed by atoms with van der Waals surface area (Å²) >= 11 is 0. The number of hydrogen-bond acceptors (Lipinski definition) is 5. The number of ether oxygens (including phenoxy) is 2. The molecule has 2 aromatic carbocycles. The summed E-state index contributed by atoms with van der Waals surface area (Å²) in [5.41, 5.74) is 3.91. The van der Waals surface area contributed by atoms with E-state index in [0.29, 0.717) is 13.0 Å². The lowest BCUT2D eigenvalue weighted by atomic mass is 9.86. The number of benzene rings is 2. The molecular weight excluding hydrogens is 448 g/mol. The zero-order chi connectivity index (χ0) is 25.2. The molecule has 3 atom stereocenters. The Bertz CT molecular complexity index is 1060. The molecule has 1 saturated heterocycles. The fourth-order valence-electron chi connectivity index (χ4n) is 4.88. The van der Waals surface area contributed by atoms with Gasteiger partial charge in [0.05, 0.1) is 0 Å². The number of nitrogens with one attached hydrogen (secondary N) is 2. The molecule has 2 unspecified atom stereocenters. The van der Waals surface area contributed by atoms with Gasteiger partial charge in [-0.3, -0.25) is 4.79 Å². The van der Waals surface area contributed by atoms with E-state index in [9.17, 15) is 19.5 Å². The van der Waals surface area contributed by atoms with Crippen LogP contribution in [0.4, 0.5) is 4.79 Å². The highest BCUT2D eigenvalue weighted by atomic mass is 16.5. The summed E-state index contributed by atoms with van der Waals surface area (Å²) in [7, 11) is 0. The zero-order valence-corrected chi connectivity index (χ0v) is 20.2. The summed E-state index contributed by atoms with van der Waals surface area (Å²) in [6.07, 6.45) is -1.05.